The van der Waals surface area contributed by atoms with E-state index in [1.54, 1.807) is 0 Å². The van der Waals surface area contributed by atoms with Gasteiger partial charge in [-0.05, 0) is 44.1 Å². The molecule has 2 rings (SSSR count). The largest absolute Gasteiger partial charge is 0.349 e. The molecule has 3 nitrogen and oxygen atoms in total. The molecule has 0 saturated carbocycles. The fourth-order valence-electron chi connectivity index (χ4n) is 1.90. The third kappa shape index (κ3) is 3.17. The molecule has 0 atom stereocenters. The van der Waals surface area contributed by atoms with E-state index in [0.717, 1.165) is 32.0 Å². The summed E-state index contributed by atoms with van der Waals surface area (Å²) in [5.41, 5.74) is 0.0490. The number of amides is 1. The van der Waals surface area contributed by atoms with Gasteiger partial charge in [-0.25, -0.2) is 4.39 Å². The molecule has 1 aliphatic heterocycles. The normalized spacial score (nSPS) is 16.8. The van der Waals surface area contributed by atoms with E-state index < -0.39 is 5.82 Å². The molecular formula is C12H14ClFN2O. The van der Waals surface area contributed by atoms with Crippen molar-refractivity contribution in [1.82, 2.24) is 10.6 Å². The number of piperidine rings is 1. The number of hydrogen-bond acceptors (Lipinski definition) is 2. The van der Waals surface area contributed by atoms with Gasteiger partial charge in [-0.3, -0.25) is 4.79 Å². The lowest BCUT2D eigenvalue weighted by Gasteiger charge is -2.23. The Bertz CT molecular complexity index is 419. The predicted molar refractivity (Wildman–Crippen MR) is 64.8 cm³/mol. The summed E-state index contributed by atoms with van der Waals surface area (Å²) in [5, 5.41) is 6.33. The molecule has 0 radical (unpaired) electrons. The lowest BCUT2D eigenvalue weighted by Crippen LogP contribution is -2.42. The molecule has 92 valence electrons. The second-order valence-electron chi connectivity index (χ2n) is 4.12. The third-order valence-corrected chi connectivity index (χ3v) is 3.09. The van der Waals surface area contributed by atoms with E-state index in [4.69, 9.17) is 11.6 Å². The van der Waals surface area contributed by atoms with Gasteiger partial charge in [0.25, 0.3) is 5.91 Å². The zero-order valence-electron chi connectivity index (χ0n) is 9.30. The molecule has 1 fully saturated rings. The van der Waals surface area contributed by atoms with Crippen molar-refractivity contribution in [3.05, 3.63) is 34.6 Å². The first-order valence-electron chi connectivity index (χ1n) is 5.63. The van der Waals surface area contributed by atoms with Crippen molar-refractivity contribution in [1.29, 1.82) is 0 Å². The fourth-order valence-corrected chi connectivity index (χ4v) is 2.06. The predicted octanol–water partition coefficient (Wildman–Crippen LogP) is 1.96. The van der Waals surface area contributed by atoms with Gasteiger partial charge in [0.15, 0.2) is 0 Å². The first kappa shape index (κ1) is 12.3. The smallest absolute Gasteiger partial charge is 0.254 e. The van der Waals surface area contributed by atoms with Crippen LogP contribution >= 0.6 is 11.6 Å². The van der Waals surface area contributed by atoms with Crippen LogP contribution in [-0.4, -0.2) is 25.0 Å². The molecule has 2 N–H and O–H groups in total. The van der Waals surface area contributed by atoms with Crippen molar-refractivity contribution in [2.45, 2.75) is 18.9 Å². The topological polar surface area (TPSA) is 41.1 Å². The summed E-state index contributed by atoms with van der Waals surface area (Å²) in [7, 11) is 0. The summed E-state index contributed by atoms with van der Waals surface area (Å²) in [6, 6.07) is 4.20. The van der Waals surface area contributed by atoms with E-state index in [0.29, 0.717) is 5.02 Å². The Balaban J connectivity index is 2.03. The van der Waals surface area contributed by atoms with Gasteiger partial charge < -0.3 is 10.6 Å². The van der Waals surface area contributed by atoms with Gasteiger partial charge in [-0.2, -0.15) is 0 Å². The molecule has 0 aliphatic carbocycles. The lowest BCUT2D eigenvalue weighted by molar-refractivity contribution is 0.0925. The average Bonchev–Trinajstić information content (AvgIpc) is 2.30. The molecule has 17 heavy (non-hydrogen) atoms. The van der Waals surface area contributed by atoms with Crippen molar-refractivity contribution in [3.8, 4) is 0 Å². The monoisotopic (exact) mass is 256 g/mol. The number of carbonyl (C=O) groups excluding carboxylic acids is 1. The fraction of sp³-hybridized carbons (Fsp3) is 0.417. The van der Waals surface area contributed by atoms with Crippen molar-refractivity contribution < 1.29 is 9.18 Å². The van der Waals surface area contributed by atoms with Crippen LogP contribution in [0.15, 0.2) is 18.2 Å². The standard InChI is InChI=1S/C12H14ClFN2O/c13-8-1-2-10(11(14)7-8)12(17)16-9-3-5-15-6-4-9/h1-2,7,9,15H,3-6H2,(H,16,17). The molecule has 0 unspecified atom stereocenters. The Morgan fingerprint density at radius 2 is 2.12 bits per heavy atom. The highest BCUT2D eigenvalue weighted by Gasteiger charge is 2.18. The van der Waals surface area contributed by atoms with Crippen LogP contribution in [0.3, 0.4) is 0 Å². The molecule has 0 spiro atoms. The highest BCUT2D eigenvalue weighted by molar-refractivity contribution is 6.30. The zero-order valence-corrected chi connectivity index (χ0v) is 10.1. The van der Waals surface area contributed by atoms with Crippen molar-refractivity contribution >= 4 is 17.5 Å². The maximum atomic E-state index is 13.5. The van der Waals surface area contributed by atoms with E-state index in [1.807, 2.05) is 0 Å². The number of hydrogen-bond donors (Lipinski definition) is 2. The molecule has 0 bridgehead atoms. The lowest BCUT2D eigenvalue weighted by atomic mass is 10.1. The molecule has 1 saturated heterocycles. The summed E-state index contributed by atoms with van der Waals surface area (Å²) in [5.74, 6) is -0.949. The van der Waals surface area contributed by atoms with Crippen LogP contribution in [0, 0.1) is 5.82 Å². The number of carbonyl (C=O) groups is 1. The van der Waals surface area contributed by atoms with Gasteiger partial charge in [-0.1, -0.05) is 11.6 Å². The number of nitrogens with one attached hydrogen (secondary N) is 2. The highest BCUT2D eigenvalue weighted by Crippen LogP contribution is 2.15. The average molecular weight is 257 g/mol. The SMILES string of the molecule is O=C(NC1CCNCC1)c1ccc(Cl)cc1F. The molecule has 1 amide bonds. The molecular weight excluding hydrogens is 243 g/mol. The Labute approximate surface area is 104 Å². The van der Waals surface area contributed by atoms with Gasteiger partial charge in [0.2, 0.25) is 0 Å². The maximum absolute atomic E-state index is 13.5. The van der Waals surface area contributed by atoms with Crippen molar-refractivity contribution in [3.63, 3.8) is 0 Å². The van der Waals surface area contributed by atoms with Crippen LogP contribution in [0.1, 0.15) is 23.2 Å². The van der Waals surface area contributed by atoms with Gasteiger partial charge in [0, 0.05) is 11.1 Å². The molecule has 0 aromatic heterocycles. The maximum Gasteiger partial charge on any atom is 0.254 e. The Morgan fingerprint density at radius 1 is 1.41 bits per heavy atom. The van der Waals surface area contributed by atoms with Crippen LogP contribution < -0.4 is 10.6 Å². The Morgan fingerprint density at radius 3 is 2.76 bits per heavy atom. The Hall–Kier alpha value is -1.13. The second kappa shape index (κ2) is 5.47. The van der Waals surface area contributed by atoms with E-state index in [9.17, 15) is 9.18 Å². The number of benzene rings is 1. The third-order valence-electron chi connectivity index (χ3n) is 2.85. The van der Waals surface area contributed by atoms with Crippen molar-refractivity contribution in [2.75, 3.05) is 13.1 Å². The van der Waals surface area contributed by atoms with Gasteiger partial charge >= 0.3 is 0 Å². The van der Waals surface area contributed by atoms with E-state index >= 15 is 0 Å². The van der Waals surface area contributed by atoms with Crippen LogP contribution in [0.25, 0.3) is 0 Å². The highest BCUT2D eigenvalue weighted by atomic mass is 35.5. The zero-order chi connectivity index (χ0) is 12.3. The first-order valence-corrected chi connectivity index (χ1v) is 6.01. The van der Waals surface area contributed by atoms with Crippen LogP contribution in [0.4, 0.5) is 4.39 Å². The quantitative estimate of drug-likeness (QED) is 0.849. The Kier molecular flexibility index (Phi) is 3.97. The summed E-state index contributed by atoms with van der Waals surface area (Å²) in [4.78, 5) is 11.8. The minimum Gasteiger partial charge on any atom is -0.349 e. The molecule has 1 aromatic carbocycles. The van der Waals surface area contributed by atoms with Crippen LogP contribution in [0.5, 0.6) is 0 Å². The van der Waals surface area contributed by atoms with E-state index in [2.05, 4.69) is 10.6 Å². The van der Waals surface area contributed by atoms with Crippen LogP contribution in [0.2, 0.25) is 5.02 Å². The second-order valence-corrected chi connectivity index (χ2v) is 4.56. The van der Waals surface area contributed by atoms with Gasteiger partial charge in [0.1, 0.15) is 5.82 Å². The molecule has 1 heterocycles. The summed E-state index contributed by atoms with van der Waals surface area (Å²) in [6.45, 7) is 1.77. The van der Waals surface area contributed by atoms with E-state index in [-0.39, 0.29) is 17.5 Å². The first-order chi connectivity index (χ1) is 8.16. The number of rotatable bonds is 2. The van der Waals surface area contributed by atoms with Crippen LogP contribution in [-0.2, 0) is 0 Å². The van der Waals surface area contributed by atoms with Gasteiger partial charge in [0.05, 0.1) is 5.56 Å². The molecule has 1 aliphatic rings. The van der Waals surface area contributed by atoms with Crippen molar-refractivity contribution in [2.24, 2.45) is 0 Å². The summed E-state index contributed by atoms with van der Waals surface area (Å²) < 4.78 is 13.5. The minimum atomic E-state index is -0.580. The number of halogens is 2. The summed E-state index contributed by atoms with van der Waals surface area (Å²) >= 11 is 5.63. The minimum absolute atomic E-state index is 0.0490. The summed E-state index contributed by atoms with van der Waals surface area (Å²) in [6.07, 6.45) is 1.75. The van der Waals surface area contributed by atoms with E-state index in [1.165, 1.54) is 12.1 Å². The van der Waals surface area contributed by atoms with Gasteiger partial charge in [-0.15, -0.1) is 0 Å². The molecule has 5 heteroatoms. The molecule has 1 aromatic rings.